The molecule has 8 heteroatoms. The molecule has 0 unspecified atom stereocenters. The Morgan fingerprint density at radius 1 is 0.688 bits per heavy atom. The molecule has 6 nitrogen and oxygen atoms in total. The quantitative estimate of drug-likeness (QED) is 0.284. The molecule has 0 atom stereocenters. The average molecular weight is 477 g/mol. The molecule has 174 valence electrons. The van der Waals surface area contributed by atoms with E-state index in [1.54, 1.807) is 14.2 Å². The highest BCUT2D eigenvalue weighted by atomic mass is 33.1. The van der Waals surface area contributed by atoms with E-state index >= 15 is 0 Å². The Labute approximate surface area is 198 Å². The van der Waals surface area contributed by atoms with E-state index in [1.807, 2.05) is 48.5 Å². The average Bonchev–Trinajstić information content (AvgIpc) is 2.82. The van der Waals surface area contributed by atoms with Gasteiger partial charge in [0.25, 0.3) is 11.8 Å². The number of nitrogens with one attached hydrogen (secondary N) is 2. The van der Waals surface area contributed by atoms with Crippen LogP contribution < -0.4 is 10.6 Å². The molecule has 0 aliphatic heterocycles. The van der Waals surface area contributed by atoms with E-state index in [0.717, 1.165) is 35.5 Å². The number of hydrogen-bond donors (Lipinski definition) is 2. The zero-order valence-electron chi connectivity index (χ0n) is 18.7. The van der Waals surface area contributed by atoms with Crippen molar-refractivity contribution in [3.05, 3.63) is 59.7 Å². The first-order valence-corrected chi connectivity index (χ1v) is 12.9. The number of carbonyl (C=O) groups is 2. The van der Waals surface area contributed by atoms with Gasteiger partial charge in [-0.1, -0.05) is 45.9 Å². The molecule has 2 N–H and O–H groups in total. The third-order valence-electron chi connectivity index (χ3n) is 4.61. The monoisotopic (exact) mass is 476 g/mol. The number of rotatable bonds is 15. The van der Waals surface area contributed by atoms with Crippen LogP contribution in [0.1, 0.15) is 46.4 Å². The van der Waals surface area contributed by atoms with Gasteiger partial charge in [-0.2, -0.15) is 0 Å². The minimum Gasteiger partial charge on any atom is -0.385 e. The first kappa shape index (κ1) is 26.3. The van der Waals surface area contributed by atoms with E-state index in [9.17, 15) is 9.59 Å². The lowest BCUT2D eigenvalue weighted by molar-refractivity contribution is 0.0940. The lowest BCUT2D eigenvalue weighted by Crippen LogP contribution is -2.25. The summed E-state index contributed by atoms with van der Waals surface area (Å²) in [5.41, 5.74) is 1.27. The van der Waals surface area contributed by atoms with Crippen molar-refractivity contribution in [2.75, 3.05) is 40.5 Å². The minimum absolute atomic E-state index is 0.0896. The van der Waals surface area contributed by atoms with Crippen molar-refractivity contribution < 1.29 is 19.1 Å². The Kier molecular flexibility index (Phi) is 12.9. The minimum atomic E-state index is -0.0896. The highest BCUT2D eigenvalue weighted by Crippen LogP contribution is 2.40. The van der Waals surface area contributed by atoms with Crippen LogP contribution >= 0.6 is 21.6 Å². The molecular formula is C24H32N2O4S2. The predicted molar refractivity (Wildman–Crippen MR) is 131 cm³/mol. The summed E-state index contributed by atoms with van der Waals surface area (Å²) in [7, 11) is 6.31. The zero-order chi connectivity index (χ0) is 23.0. The van der Waals surface area contributed by atoms with Crippen molar-refractivity contribution in [2.45, 2.75) is 35.5 Å². The van der Waals surface area contributed by atoms with Crippen molar-refractivity contribution in [2.24, 2.45) is 0 Å². The summed E-state index contributed by atoms with van der Waals surface area (Å²) in [6, 6.07) is 15.1. The molecule has 32 heavy (non-hydrogen) atoms. The zero-order valence-corrected chi connectivity index (χ0v) is 20.4. The van der Waals surface area contributed by atoms with Gasteiger partial charge in [0.1, 0.15) is 0 Å². The van der Waals surface area contributed by atoms with Gasteiger partial charge in [-0.05, 0) is 49.9 Å². The summed E-state index contributed by atoms with van der Waals surface area (Å²) >= 11 is 0. The van der Waals surface area contributed by atoms with Gasteiger partial charge in [0.2, 0.25) is 0 Å². The number of benzene rings is 2. The second-order valence-corrected chi connectivity index (χ2v) is 9.28. The third kappa shape index (κ3) is 9.24. The molecular weight excluding hydrogens is 444 g/mol. The molecule has 2 amide bonds. The SMILES string of the molecule is COCCCCNC(=O)c1ccccc1SSc1ccccc1C(=O)NCCCCOC. The maximum Gasteiger partial charge on any atom is 0.252 e. The molecule has 0 saturated carbocycles. The first-order chi connectivity index (χ1) is 15.7. The van der Waals surface area contributed by atoms with Crippen molar-refractivity contribution in [1.29, 1.82) is 0 Å². The highest BCUT2D eigenvalue weighted by Gasteiger charge is 2.15. The van der Waals surface area contributed by atoms with Crippen LogP contribution in [0.3, 0.4) is 0 Å². The summed E-state index contributed by atoms with van der Waals surface area (Å²) in [6.07, 6.45) is 3.57. The van der Waals surface area contributed by atoms with Crippen molar-refractivity contribution in [1.82, 2.24) is 10.6 Å². The van der Waals surface area contributed by atoms with Gasteiger partial charge in [-0.15, -0.1) is 0 Å². The first-order valence-electron chi connectivity index (χ1n) is 10.7. The number of ether oxygens (including phenoxy) is 2. The Hall–Kier alpha value is -2.00. The summed E-state index contributed by atoms with van der Waals surface area (Å²) < 4.78 is 10.1. The van der Waals surface area contributed by atoms with Crippen molar-refractivity contribution in [3.8, 4) is 0 Å². The fourth-order valence-corrected chi connectivity index (χ4v) is 5.24. The van der Waals surface area contributed by atoms with E-state index in [4.69, 9.17) is 9.47 Å². The van der Waals surface area contributed by atoms with Gasteiger partial charge in [0, 0.05) is 50.3 Å². The molecule has 0 spiro atoms. The lowest BCUT2D eigenvalue weighted by Gasteiger charge is -2.12. The summed E-state index contributed by atoms with van der Waals surface area (Å²) in [5, 5.41) is 5.95. The Morgan fingerprint density at radius 3 is 1.50 bits per heavy atom. The standard InChI is InChI=1S/C24H32N2O4S2/c1-29-17-9-7-15-25-23(27)19-11-3-5-13-21(19)31-32-22-14-6-4-12-20(22)24(28)26-16-8-10-18-30-2/h3-6,11-14H,7-10,15-18H2,1-2H3,(H,25,27)(H,26,28). The van der Waals surface area contributed by atoms with E-state index in [0.29, 0.717) is 37.4 Å². The fraction of sp³-hybridized carbons (Fsp3) is 0.417. The van der Waals surface area contributed by atoms with Crippen LogP contribution in [0.4, 0.5) is 0 Å². The molecule has 0 saturated heterocycles. The summed E-state index contributed by atoms with van der Waals surface area (Å²) in [4.78, 5) is 27.0. The van der Waals surface area contributed by atoms with Gasteiger partial charge >= 0.3 is 0 Å². The van der Waals surface area contributed by atoms with Crippen molar-refractivity contribution >= 4 is 33.4 Å². The van der Waals surface area contributed by atoms with E-state index < -0.39 is 0 Å². The topological polar surface area (TPSA) is 76.7 Å². The molecule has 2 aromatic carbocycles. The number of amides is 2. The molecule has 0 aliphatic carbocycles. The van der Waals surface area contributed by atoms with E-state index in [2.05, 4.69) is 10.6 Å². The summed E-state index contributed by atoms with van der Waals surface area (Å²) in [6.45, 7) is 2.61. The normalized spacial score (nSPS) is 10.7. The van der Waals surface area contributed by atoms with Crippen LogP contribution in [0.25, 0.3) is 0 Å². The van der Waals surface area contributed by atoms with Gasteiger partial charge in [0.15, 0.2) is 0 Å². The Bertz CT molecular complexity index is 779. The third-order valence-corrected chi connectivity index (χ3v) is 7.09. The molecule has 0 fully saturated rings. The second kappa shape index (κ2) is 15.7. The Balaban J connectivity index is 1.95. The molecule has 0 radical (unpaired) electrons. The van der Waals surface area contributed by atoms with Crippen LogP contribution in [-0.4, -0.2) is 52.3 Å². The summed E-state index contributed by atoms with van der Waals surface area (Å²) in [5.74, 6) is -0.179. The molecule has 0 heterocycles. The van der Waals surface area contributed by atoms with E-state index in [1.165, 1.54) is 21.6 Å². The van der Waals surface area contributed by atoms with Crippen molar-refractivity contribution in [3.63, 3.8) is 0 Å². The molecule has 2 rings (SSSR count). The van der Waals surface area contributed by atoms with E-state index in [-0.39, 0.29) is 11.8 Å². The predicted octanol–water partition coefficient (Wildman–Crippen LogP) is 4.80. The van der Waals surface area contributed by atoms with Crippen LogP contribution in [-0.2, 0) is 9.47 Å². The van der Waals surface area contributed by atoms with Crippen LogP contribution in [0.15, 0.2) is 58.3 Å². The number of hydrogen-bond acceptors (Lipinski definition) is 6. The largest absolute Gasteiger partial charge is 0.385 e. The van der Waals surface area contributed by atoms with Gasteiger partial charge in [0.05, 0.1) is 11.1 Å². The number of unbranched alkanes of at least 4 members (excludes halogenated alkanes) is 2. The molecule has 0 aliphatic rings. The Morgan fingerprint density at radius 2 is 1.09 bits per heavy atom. The van der Waals surface area contributed by atoms with Gasteiger partial charge in [-0.25, -0.2) is 0 Å². The second-order valence-electron chi connectivity index (χ2n) is 7.07. The molecule has 2 aromatic rings. The number of methoxy groups -OCH3 is 2. The smallest absolute Gasteiger partial charge is 0.252 e. The number of carbonyl (C=O) groups excluding carboxylic acids is 2. The van der Waals surface area contributed by atoms with Crippen LogP contribution in [0, 0.1) is 0 Å². The molecule has 0 bridgehead atoms. The molecule has 0 aromatic heterocycles. The maximum absolute atomic E-state index is 12.6. The maximum atomic E-state index is 12.6. The fourth-order valence-electron chi connectivity index (χ4n) is 2.88. The van der Waals surface area contributed by atoms with Gasteiger partial charge < -0.3 is 20.1 Å². The highest BCUT2D eigenvalue weighted by molar-refractivity contribution is 8.76. The van der Waals surface area contributed by atoms with Gasteiger partial charge in [-0.3, -0.25) is 9.59 Å². The van der Waals surface area contributed by atoms with Crippen LogP contribution in [0.5, 0.6) is 0 Å². The van der Waals surface area contributed by atoms with Crippen LogP contribution in [0.2, 0.25) is 0 Å². The lowest BCUT2D eigenvalue weighted by atomic mass is 10.2.